The number of aliphatic hydroxyl groups is 1. The summed E-state index contributed by atoms with van der Waals surface area (Å²) in [5, 5.41) is 16.6. The van der Waals surface area contributed by atoms with Crippen LogP contribution in [0.25, 0.3) is 0 Å². The smallest absolute Gasteiger partial charge is 0.229 e. The lowest BCUT2D eigenvalue weighted by molar-refractivity contribution is 0.137. The van der Waals surface area contributed by atoms with Gasteiger partial charge in [-0.3, -0.25) is 0 Å². The fourth-order valence-electron chi connectivity index (χ4n) is 2.97. The van der Waals surface area contributed by atoms with E-state index in [4.69, 9.17) is 0 Å². The van der Waals surface area contributed by atoms with Crippen LogP contribution >= 0.6 is 27.7 Å². The lowest BCUT2D eigenvalue weighted by Gasteiger charge is -2.21. The molecule has 1 atom stereocenters. The van der Waals surface area contributed by atoms with Crippen molar-refractivity contribution in [2.45, 2.75) is 24.8 Å². The summed E-state index contributed by atoms with van der Waals surface area (Å²) in [7, 11) is 0. The summed E-state index contributed by atoms with van der Waals surface area (Å²) < 4.78 is 13.8. The van der Waals surface area contributed by atoms with Gasteiger partial charge in [-0.2, -0.15) is 4.98 Å². The fourth-order valence-corrected chi connectivity index (χ4v) is 4.08. The predicted octanol–water partition coefficient (Wildman–Crippen LogP) is 5.66. The first-order valence-corrected chi connectivity index (χ1v) is 12.2. The number of aromatic nitrogens is 2. The molecule has 0 amide bonds. The molecule has 0 fully saturated rings. The number of nitrogens with zero attached hydrogens (tertiary/aromatic N) is 3. The number of benzene rings is 2. The summed E-state index contributed by atoms with van der Waals surface area (Å²) in [4.78, 5) is 12.1. The van der Waals surface area contributed by atoms with E-state index in [-0.39, 0.29) is 11.9 Å². The van der Waals surface area contributed by atoms with Gasteiger partial charge in [-0.1, -0.05) is 13.8 Å². The summed E-state index contributed by atoms with van der Waals surface area (Å²) in [5.41, 5.74) is 1.58. The van der Waals surface area contributed by atoms with E-state index in [1.807, 2.05) is 24.3 Å². The van der Waals surface area contributed by atoms with Crippen molar-refractivity contribution in [1.82, 2.24) is 14.9 Å². The van der Waals surface area contributed by atoms with Crippen molar-refractivity contribution in [2.75, 3.05) is 36.0 Å². The van der Waals surface area contributed by atoms with Gasteiger partial charge < -0.3 is 20.6 Å². The van der Waals surface area contributed by atoms with Crippen molar-refractivity contribution in [1.29, 1.82) is 0 Å². The van der Waals surface area contributed by atoms with E-state index < -0.39 is 0 Å². The second kappa shape index (κ2) is 12.2. The Morgan fingerprint density at radius 3 is 2.31 bits per heavy atom. The highest BCUT2D eigenvalue weighted by molar-refractivity contribution is 9.10. The molecule has 0 radical (unpaired) electrons. The summed E-state index contributed by atoms with van der Waals surface area (Å²) in [5.74, 6) is 1.37. The van der Waals surface area contributed by atoms with Crippen LogP contribution in [-0.4, -0.2) is 51.5 Å². The zero-order valence-corrected chi connectivity index (χ0v) is 20.5. The molecule has 0 aliphatic heterocycles. The van der Waals surface area contributed by atoms with E-state index in [9.17, 15) is 9.50 Å². The molecule has 3 aromatic rings. The highest BCUT2D eigenvalue weighted by Crippen LogP contribution is 2.26. The maximum atomic E-state index is 13.1. The van der Waals surface area contributed by atoms with Gasteiger partial charge in [0.25, 0.3) is 0 Å². The molecule has 1 unspecified atom stereocenters. The van der Waals surface area contributed by atoms with Gasteiger partial charge in [-0.05, 0) is 77.6 Å². The van der Waals surface area contributed by atoms with Crippen LogP contribution in [0.1, 0.15) is 13.8 Å². The van der Waals surface area contributed by atoms with Gasteiger partial charge >= 0.3 is 0 Å². The number of halogens is 2. The number of rotatable bonds is 11. The van der Waals surface area contributed by atoms with Gasteiger partial charge in [0.15, 0.2) is 0 Å². The minimum atomic E-state index is -0.360. The van der Waals surface area contributed by atoms with E-state index in [0.29, 0.717) is 28.5 Å². The molecule has 2 aromatic carbocycles. The van der Waals surface area contributed by atoms with Gasteiger partial charge in [-0.25, -0.2) is 9.37 Å². The number of hydrogen-bond acceptors (Lipinski definition) is 7. The van der Waals surface area contributed by atoms with Crippen LogP contribution in [0.2, 0.25) is 0 Å². The molecular formula is C23H27BrFN5OS. The van der Waals surface area contributed by atoms with Crippen LogP contribution in [0.3, 0.4) is 0 Å². The van der Waals surface area contributed by atoms with Gasteiger partial charge in [0, 0.05) is 34.8 Å². The Balaban J connectivity index is 1.57. The zero-order chi connectivity index (χ0) is 22.9. The number of aliphatic hydroxyl groups excluding tert-OH is 1. The largest absolute Gasteiger partial charge is 0.391 e. The van der Waals surface area contributed by atoms with Crippen molar-refractivity contribution < 1.29 is 9.50 Å². The Hall–Kier alpha value is -2.20. The summed E-state index contributed by atoms with van der Waals surface area (Å²) in [6.45, 7) is 6.78. The summed E-state index contributed by atoms with van der Waals surface area (Å²) in [6, 6.07) is 14.0. The van der Waals surface area contributed by atoms with Gasteiger partial charge in [0.1, 0.15) is 11.6 Å². The molecule has 32 heavy (non-hydrogen) atoms. The zero-order valence-electron chi connectivity index (χ0n) is 18.1. The highest BCUT2D eigenvalue weighted by atomic mass is 79.9. The molecule has 3 N–H and O–H groups in total. The van der Waals surface area contributed by atoms with E-state index >= 15 is 0 Å². The molecule has 0 aliphatic carbocycles. The standard InChI is InChI=1S/C23H27BrFN5OS/c1-3-30(4-2)14-19(31)15-32-20-11-9-18(10-12-20)28-23-26-13-21(24)22(29-23)27-17-7-5-16(25)6-8-17/h5-13,19,31H,3-4,14-15H2,1-2H3,(H2,26,27,28,29). The van der Waals surface area contributed by atoms with Crippen LogP contribution in [0.15, 0.2) is 64.1 Å². The first-order valence-electron chi connectivity index (χ1n) is 10.4. The van der Waals surface area contributed by atoms with Gasteiger partial charge in [0.2, 0.25) is 5.95 Å². The minimum absolute atomic E-state index is 0.292. The normalized spacial score (nSPS) is 12.1. The molecule has 0 aliphatic rings. The molecule has 1 heterocycles. The molecule has 3 rings (SSSR count). The average molecular weight is 520 g/mol. The number of nitrogens with one attached hydrogen (secondary N) is 2. The summed E-state index contributed by atoms with van der Waals surface area (Å²) >= 11 is 5.07. The predicted molar refractivity (Wildman–Crippen MR) is 134 cm³/mol. The lowest BCUT2D eigenvalue weighted by atomic mass is 10.3. The van der Waals surface area contributed by atoms with Crippen molar-refractivity contribution in [3.8, 4) is 0 Å². The molecule has 0 spiro atoms. The molecule has 1 aromatic heterocycles. The van der Waals surface area contributed by atoms with Gasteiger partial charge in [-0.15, -0.1) is 11.8 Å². The Labute approximate surface area is 200 Å². The molecule has 0 saturated carbocycles. The van der Waals surface area contributed by atoms with Crippen LogP contribution in [0.5, 0.6) is 0 Å². The first kappa shape index (κ1) is 24.4. The number of likely N-dealkylation sites (N-methyl/N-ethyl adjacent to an activating group) is 1. The number of anilines is 4. The second-order valence-electron chi connectivity index (χ2n) is 7.12. The topological polar surface area (TPSA) is 73.3 Å². The van der Waals surface area contributed by atoms with Crippen LogP contribution < -0.4 is 10.6 Å². The Kier molecular flexibility index (Phi) is 9.28. The van der Waals surface area contributed by atoms with Crippen LogP contribution in [0, 0.1) is 5.82 Å². The van der Waals surface area contributed by atoms with Crippen molar-refractivity contribution in [3.63, 3.8) is 0 Å². The Morgan fingerprint density at radius 1 is 1.03 bits per heavy atom. The maximum absolute atomic E-state index is 13.1. The third-order valence-electron chi connectivity index (χ3n) is 4.77. The molecule has 170 valence electrons. The number of hydrogen-bond donors (Lipinski definition) is 3. The fraction of sp³-hybridized carbons (Fsp3) is 0.304. The van der Waals surface area contributed by atoms with Crippen LogP contribution in [0.4, 0.5) is 27.5 Å². The molecule has 0 bridgehead atoms. The van der Waals surface area contributed by atoms with E-state index in [1.54, 1.807) is 30.1 Å². The van der Waals surface area contributed by atoms with Crippen LogP contribution in [-0.2, 0) is 0 Å². The van der Waals surface area contributed by atoms with E-state index in [2.05, 4.69) is 55.3 Å². The highest BCUT2D eigenvalue weighted by Gasteiger charge is 2.10. The molecule has 0 saturated heterocycles. The SMILES string of the molecule is CCN(CC)CC(O)CSc1ccc(Nc2ncc(Br)c(Nc3ccc(F)cc3)n2)cc1. The average Bonchev–Trinajstić information content (AvgIpc) is 2.80. The van der Waals surface area contributed by atoms with Crippen molar-refractivity contribution >= 4 is 50.8 Å². The lowest BCUT2D eigenvalue weighted by Crippen LogP contribution is -2.33. The number of thioether (sulfide) groups is 1. The molecule has 9 heteroatoms. The monoisotopic (exact) mass is 519 g/mol. The Morgan fingerprint density at radius 2 is 1.66 bits per heavy atom. The summed E-state index contributed by atoms with van der Waals surface area (Å²) in [6.07, 6.45) is 1.30. The van der Waals surface area contributed by atoms with E-state index in [0.717, 1.165) is 29.4 Å². The quantitative estimate of drug-likeness (QED) is 0.282. The third kappa shape index (κ3) is 7.44. The van der Waals surface area contributed by atoms with Crippen molar-refractivity contribution in [2.24, 2.45) is 0 Å². The maximum Gasteiger partial charge on any atom is 0.229 e. The molecular weight excluding hydrogens is 493 g/mol. The second-order valence-corrected chi connectivity index (χ2v) is 9.07. The first-order chi connectivity index (χ1) is 15.5. The molecule has 6 nitrogen and oxygen atoms in total. The van der Waals surface area contributed by atoms with Gasteiger partial charge in [0.05, 0.1) is 10.6 Å². The van der Waals surface area contributed by atoms with Crippen molar-refractivity contribution in [3.05, 3.63) is 65.0 Å². The Bertz CT molecular complexity index is 987. The third-order valence-corrected chi connectivity index (χ3v) is 6.50. The van der Waals surface area contributed by atoms with E-state index in [1.165, 1.54) is 12.1 Å². The minimum Gasteiger partial charge on any atom is -0.391 e.